The molecule has 1 atom stereocenters. The topological polar surface area (TPSA) is 111 Å². The monoisotopic (exact) mass is 334 g/mol. The van der Waals surface area contributed by atoms with Crippen molar-refractivity contribution in [1.29, 1.82) is 0 Å². The molecule has 2 heterocycles. The van der Waals surface area contributed by atoms with E-state index in [1.54, 1.807) is 10.9 Å². The van der Waals surface area contributed by atoms with Gasteiger partial charge in [-0.3, -0.25) is 4.68 Å². The molecule has 0 aliphatic carbocycles. The summed E-state index contributed by atoms with van der Waals surface area (Å²) in [4.78, 5) is 8.20. The van der Waals surface area contributed by atoms with E-state index in [4.69, 9.17) is 10.5 Å². The van der Waals surface area contributed by atoms with Gasteiger partial charge in [0.15, 0.2) is 11.6 Å². The van der Waals surface area contributed by atoms with Gasteiger partial charge in [-0.2, -0.15) is 10.1 Å². The van der Waals surface area contributed by atoms with Crippen LogP contribution in [0.2, 0.25) is 0 Å². The maximum absolute atomic E-state index is 9.53. The van der Waals surface area contributed by atoms with Gasteiger partial charge in [-0.1, -0.05) is 19.8 Å². The Bertz CT molecular complexity index is 658. The van der Waals surface area contributed by atoms with Crippen LogP contribution in [-0.2, 0) is 13.7 Å². The Balaban J connectivity index is 2.10. The molecule has 24 heavy (non-hydrogen) atoms. The van der Waals surface area contributed by atoms with E-state index in [1.807, 2.05) is 20.0 Å². The summed E-state index contributed by atoms with van der Waals surface area (Å²) >= 11 is 0. The number of unbranched alkanes of at least 4 members (excludes halogenated alkanes) is 1. The van der Waals surface area contributed by atoms with Gasteiger partial charge in [0.1, 0.15) is 6.61 Å². The Hall–Kier alpha value is -2.35. The third-order valence-corrected chi connectivity index (χ3v) is 3.72. The third kappa shape index (κ3) is 4.82. The van der Waals surface area contributed by atoms with E-state index >= 15 is 0 Å². The lowest BCUT2D eigenvalue weighted by molar-refractivity contribution is 0.265. The largest absolute Gasteiger partial charge is 0.482 e. The molecule has 4 N–H and O–H groups in total. The van der Waals surface area contributed by atoms with Gasteiger partial charge in [0.05, 0.1) is 30.2 Å². The molecule has 8 heteroatoms. The van der Waals surface area contributed by atoms with Crippen LogP contribution in [0.3, 0.4) is 0 Å². The smallest absolute Gasteiger partial charge is 0.222 e. The molecule has 2 aromatic heterocycles. The van der Waals surface area contributed by atoms with E-state index in [1.165, 1.54) is 0 Å². The first-order chi connectivity index (χ1) is 11.5. The van der Waals surface area contributed by atoms with Crippen LogP contribution < -0.4 is 15.8 Å². The SMILES string of the molecule is CCCC[C@@H](CO)Nc1nc(N)ncc1OCc1cc(C)nn1C. The fourth-order valence-corrected chi connectivity index (χ4v) is 2.40. The van der Waals surface area contributed by atoms with Gasteiger partial charge in [0.25, 0.3) is 0 Å². The van der Waals surface area contributed by atoms with Crippen LogP contribution in [-0.4, -0.2) is 37.5 Å². The first-order valence-corrected chi connectivity index (χ1v) is 8.15. The molecule has 0 fully saturated rings. The summed E-state index contributed by atoms with van der Waals surface area (Å²) in [6, 6.07) is 1.86. The number of rotatable bonds is 9. The molecule has 0 saturated carbocycles. The number of aliphatic hydroxyl groups is 1. The van der Waals surface area contributed by atoms with Crippen LogP contribution in [0.4, 0.5) is 11.8 Å². The minimum absolute atomic E-state index is 0.0181. The van der Waals surface area contributed by atoms with E-state index in [9.17, 15) is 5.11 Å². The highest BCUT2D eigenvalue weighted by atomic mass is 16.5. The molecule has 8 nitrogen and oxygen atoms in total. The Morgan fingerprint density at radius 1 is 1.46 bits per heavy atom. The number of nitrogens with zero attached hydrogens (tertiary/aromatic N) is 4. The first kappa shape index (κ1) is 18.0. The second-order valence-electron chi connectivity index (χ2n) is 5.80. The molecular weight excluding hydrogens is 308 g/mol. The molecule has 0 aliphatic heterocycles. The quantitative estimate of drug-likeness (QED) is 0.639. The van der Waals surface area contributed by atoms with Crippen molar-refractivity contribution in [3.63, 3.8) is 0 Å². The van der Waals surface area contributed by atoms with Crippen LogP contribution in [0.1, 0.15) is 37.6 Å². The minimum atomic E-state index is -0.0967. The lowest BCUT2D eigenvalue weighted by Gasteiger charge is -2.19. The average Bonchev–Trinajstić information content (AvgIpc) is 2.88. The maximum atomic E-state index is 9.53. The van der Waals surface area contributed by atoms with Crippen molar-refractivity contribution in [2.24, 2.45) is 7.05 Å². The molecule has 0 saturated heterocycles. The van der Waals surface area contributed by atoms with Crippen LogP contribution >= 0.6 is 0 Å². The number of aryl methyl sites for hydroxylation is 2. The average molecular weight is 334 g/mol. The Kier molecular flexibility index (Phi) is 6.36. The first-order valence-electron chi connectivity index (χ1n) is 8.15. The van der Waals surface area contributed by atoms with Crippen molar-refractivity contribution in [3.05, 3.63) is 23.7 Å². The summed E-state index contributed by atoms with van der Waals surface area (Å²) in [5.41, 5.74) is 7.56. The normalized spacial score (nSPS) is 12.2. The van der Waals surface area contributed by atoms with Crippen molar-refractivity contribution in [2.75, 3.05) is 17.7 Å². The predicted octanol–water partition coefficient (Wildman–Crippen LogP) is 1.64. The van der Waals surface area contributed by atoms with E-state index in [2.05, 4.69) is 27.3 Å². The van der Waals surface area contributed by atoms with Gasteiger partial charge < -0.3 is 20.9 Å². The summed E-state index contributed by atoms with van der Waals surface area (Å²) in [6.07, 6.45) is 4.47. The number of hydrogen-bond donors (Lipinski definition) is 3. The van der Waals surface area contributed by atoms with Crippen molar-refractivity contribution < 1.29 is 9.84 Å². The molecule has 0 spiro atoms. The number of nitrogens with one attached hydrogen (secondary N) is 1. The van der Waals surface area contributed by atoms with Crippen LogP contribution in [0.15, 0.2) is 12.3 Å². The van der Waals surface area contributed by atoms with Gasteiger partial charge in [0.2, 0.25) is 5.95 Å². The van der Waals surface area contributed by atoms with Crippen LogP contribution in [0.25, 0.3) is 0 Å². The lowest BCUT2D eigenvalue weighted by atomic mass is 10.1. The third-order valence-electron chi connectivity index (χ3n) is 3.72. The Morgan fingerprint density at radius 3 is 2.88 bits per heavy atom. The van der Waals surface area contributed by atoms with Crippen molar-refractivity contribution in [1.82, 2.24) is 19.7 Å². The summed E-state index contributed by atoms with van der Waals surface area (Å²) in [7, 11) is 1.87. The van der Waals surface area contributed by atoms with E-state index in [0.717, 1.165) is 30.7 Å². The summed E-state index contributed by atoms with van der Waals surface area (Å²) in [6.45, 7) is 4.41. The minimum Gasteiger partial charge on any atom is -0.482 e. The molecule has 0 aliphatic rings. The molecule has 0 radical (unpaired) electrons. The van der Waals surface area contributed by atoms with E-state index in [-0.39, 0.29) is 18.6 Å². The van der Waals surface area contributed by atoms with Gasteiger partial charge >= 0.3 is 0 Å². The summed E-state index contributed by atoms with van der Waals surface area (Å²) in [5.74, 6) is 1.16. The van der Waals surface area contributed by atoms with Crippen molar-refractivity contribution >= 4 is 11.8 Å². The summed E-state index contributed by atoms with van der Waals surface area (Å²) in [5, 5.41) is 17.0. The maximum Gasteiger partial charge on any atom is 0.222 e. The number of hydrogen-bond acceptors (Lipinski definition) is 7. The fraction of sp³-hybridized carbons (Fsp3) is 0.562. The fourth-order valence-electron chi connectivity index (χ4n) is 2.40. The number of nitrogens with two attached hydrogens (primary N) is 1. The molecular formula is C16H26N6O2. The number of ether oxygens (including phenoxy) is 1. The highest BCUT2D eigenvalue weighted by Gasteiger charge is 2.14. The van der Waals surface area contributed by atoms with Gasteiger partial charge in [-0.15, -0.1) is 0 Å². The molecule has 132 valence electrons. The number of aromatic nitrogens is 4. The zero-order valence-electron chi connectivity index (χ0n) is 14.5. The van der Waals surface area contributed by atoms with Gasteiger partial charge in [0, 0.05) is 7.05 Å². The van der Waals surface area contributed by atoms with Gasteiger partial charge in [-0.05, 0) is 19.4 Å². The standard InChI is InChI=1S/C16H26N6O2/c1-4-5-6-12(9-23)19-15-14(8-18-16(17)20-15)24-10-13-7-11(2)21-22(13)3/h7-8,12,23H,4-6,9-10H2,1-3H3,(H3,17,18,19,20)/t12-/m0/s1. The molecule has 2 rings (SSSR count). The number of nitrogen functional groups attached to an aromatic ring is 1. The van der Waals surface area contributed by atoms with Crippen LogP contribution in [0, 0.1) is 6.92 Å². The van der Waals surface area contributed by atoms with Crippen LogP contribution in [0.5, 0.6) is 5.75 Å². The van der Waals surface area contributed by atoms with E-state index < -0.39 is 0 Å². The second-order valence-corrected chi connectivity index (χ2v) is 5.80. The van der Waals surface area contributed by atoms with E-state index in [0.29, 0.717) is 18.2 Å². The lowest BCUT2D eigenvalue weighted by Crippen LogP contribution is -2.25. The highest BCUT2D eigenvalue weighted by molar-refractivity contribution is 5.51. The van der Waals surface area contributed by atoms with Gasteiger partial charge in [-0.25, -0.2) is 4.98 Å². The molecule has 0 amide bonds. The molecule has 0 unspecified atom stereocenters. The zero-order chi connectivity index (χ0) is 17.5. The predicted molar refractivity (Wildman–Crippen MR) is 92.7 cm³/mol. The van der Waals surface area contributed by atoms with Crippen molar-refractivity contribution in [3.8, 4) is 5.75 Å². The second kappa shape index (κ2) is 8.49. The zero-order valence-corrected chi connectivity index (χ0v) is 14.5. The summed E-state index contributed by atoms with van der Waals surface area (Å²) < 4.78 is 7.61. The molecule has 0 aromatic carbocycles. The Labute approximate surface area is 142 Å². The number of aliphatic hydroxyl groups excluding tert-OH is 1. The molecule has 0 bridgehead atoms. The number of anilines is 2. The molecule has 2 aromatic rings. The van der Waals surface area contributed by atoms with Crippen molar-refractivity contribution in [2.45, 2.75) is 45.8 Å². The highest BCUT2D eigenvalue weighted by Crippen LogP contribution is 2.24. The Morgan fingerprint density at radius 2 is 2.25 bits per heavy atom.